The molecular weight excluding hydrogens is 194 g/mol. The molecule has 15 heavy (non-hydrogen) atoms. The van der Waals surface area contributed by atoms with Crippen LogP contribution in [-0.2, 0) is 9.53 Å². The van der Waals surface area contributed by atoms with Crippen molar-refractivity contribution in [2.24, 2.45) is 5.41 Å². The number of carbonyl (C=O) groups is 1. The first-order valence-corrected chi connectivity index (χ1v) is 5.40. The second-order valence-electron chi connectivity index (χ2n) is 5.16. The third-order valence-electron chi connectivity index (χ3n) is 2.86. The molecule has 0 aromatic heterocycles. The molecule has 1 aliphatic heterocycles. The van der Waals surface area contributed by atoms with Crippen molar-refractivity contribution in [3.05, 3.63) is 0 Å². The van der Waals surface area contributed by atoms with Crippen molar-refractivity contribution in [3.8, 4) is 0 Å². The SMILES string of the molecule is CN1CC(C)(C)C[C@H]1COCCC(=O)O. The van der Waals surface area contributed by atoms with Crippen molar-refractivity contribution in [3.63, 3.8) is 0 Å². The Labute approximate surface area is 91.2 Å². The average Bonchev–Trinajstić information content (AvgIpc) is 2.33. The maximum atomic E-state index is 10.3. The third-order valence-corrected chi connectivity index (χ3v) is 2.86. The molecule has 88 valence electrons. The fourth-order valence-corrected chi connectivity index (χ4v) is 2.23. The number of nitrogens with zero attached hydrogens (tertiary/aromatic N) is 1. The van der Waals surface area contributed by atoms with Gasteiger partial charge < -0.3 is 14.7 Å². The highest BCUT2D eigenvalue weighted by atomic mass is 16.5. The van der Waals surface area contributed by atoms with Crippen LogP contribution in [0.2, 0.25) is 0 Å². The summed E-state index contributed by atoms with van der Waals surface area (Å²) in [7, 11) is 2.10. The molecule has 1 heterocycles. The van der Waals surface area contributed by atoms with Gasteiger partial charge in [-0.15, -0.1) is 0 Å². The summed E-state index contributed by atoms with van der Waals surface area (Å²) in [5.74, 6) is -0.796. The standard InChI is InChI=1S/C11H21NO3/c1-11(2)6-9(12(3)8-11)7-15-5-4-10(13)14/h9H,4-8H2,1-3H3,(H,13,14)/t9-/m0/s1. The summed E-state index contributed by atoms with van der Waals surface area (Å²) in [6.45, 7) is 6.55. The molecule has 0 spiro atoms. The van der Waals surface area contributed by atoms with Crippen LogP contribution in [0.1, 0.15) is 26.7 Å². The molecule has 0 aromatic rings. The average molecular weight is 215 g/mol. The van der Waals surface area contributed by atoms with Gasteiger partial charge in [-0.05, 0) is 18.9 Å². The predicted octanol–water partition coefficient (Wildman–Crippen LogP) is 1.21. The van der Waals surface area contributed by atoms with Crippen molar-refractivity contribution in [1.29, 1.82) is 0 Å². The van der Waals surface area contributed by atoms with Gasteiger partial charge in [-0.2, -0.15) is 0 Å². The maximum absolute atomic E-state index is 10.3. The van der Waals surface area contributed by atoms with Crippen LogP contribution in [0, 0.1) is 5.41 Å². The van der Waals surface area contributed by atoms with Crippen molar-refractivity contribution < 1.29 is 14.6 Å². The third kappa shape index (κ3) is 4.18. The summed E-state index contributed by atoms with van der Waals surface area (Å²) in [5.41, 5.74) is 0.357. The zero-order valence-corrected chi connectivity index (χ0v) is 9.82. The van der Waals surface area contributed by atoms with Gasteiger partial charge in [0.15, 0.2) is 0 Å². The number of aliphatic carboxylic acids is 1. The van der Waals surface area contributed by atoms with Crippen molar-refractivity contribution >= 4 is 5.97 Å². The molecule has 1 rings (SSSR count). The first-order chi connectivity index (χ1) is 6.91. The molecule has 0 saturated carbocycles. The lowest BCUT2D eigenvalue weighted by molar-refractivity contribution is -0.138. The first-order valence-electron chi connectivity index (χ1n) is 5.40. The van der Waals surface area contributed by atoms with Gasteiger partial charge in [0.25, 0.3) is 0 Å². The van der Waals surface area contributed by atoms with E-state index in [1.165, 1.54) is 0 Å². The smallest absolute Gasteiger partial charge is 0.305 e. The highest BCUT2D eigenvalue weighted by molar-refractivity contribution is 5.66. The van der Waals surface area contributed by atoms with E-state index in [9.17, 15) is 4.79 Å². The van der Waals surface area contributed by atoms with Gasteiger partial charge in [0.1, 0.15) is 0 Å². The van der Waals surface area contributed by atoms with E-state index in [0.29, 0.717) is 24.7 Å². The Kier molecular flexibility index (Phi) is 4.11. The Hall–Kier alpha value is -0.610. The molecule has 1 saturated heterocycles. The number of carboxylic acids is 1. The Balaban J connectivity index is 2.19. The molecular formula is C11H21NO3. The Morgan fingerprint density at radius 3 is 2.73 bits per heavy atom. The number of hydrogen-bond donors (Lipinski definition) is 1. The van der Waals surface area contributed by atoms with Crippen LogP contribution in [-0.4, -0.2) is 48.8 Å². The van der Waals surface area contributed by atoms with Gasteiger partial charge in [-0.3, -0.25) is 4.79 Å². The molecule has 0 amide bonds. The van der Waals surface area contributed by atoms with E-state index in [4.69, 9.17) is 9.84 Å². The second kappa shape index (κ2) is 4.94. The van der Waals surface area contributed by atoms with Gasteiger partial charge in [-0.1, -0.05) is 13.8 Å². The van der Waals surface area contributed by atoms with E-state index in [1.54, 1.807) is 0 Å². The number of ether oxygens (including phenoxy) is 1. The summed E-state index contributed by atoms with van der Waals surface area (Å²) >= 11 is 0. The lowest BCUT2D eigenvalue weighted by Gasteiger charge is -2.18. The Bertz CT molecular complexity index is 228. The van der Waals surface area contributed by atoms with Crippen molar-refractivity contribution in [1.82, 2.24) is 4.90 Å². The van der Waals surface area contributed by atoms with Crippen LogP contribution >= 0.6 is 0 Å². The normalized spacial score (nSPS) is 25.7. The summed E-state index contributed by atoms with van der Waals surface area (Å²) in [5, 5.41) is 8.45. The van der Waals surface area contributed by atoms with Gasteiger partial charge in [0.2, 0.25) is 0 Å². The molecule has 1 atom stereocenters. The zero-order chi connectivity index (χ0) is 11.5. The molecule has 0 bridgehead atoms. The highest BCUT2D eigenvalue weighted by Gasteiger charge is 2.34. The van der Waals surface area contributed by atoms with E-state index < -0.39 is 5.97 Å². The van der Waals surface area contributed by atoms with E-state index >= 15 is 0 Å². The van der Waals surface area contributed by atoms with Crippen LogP contribution in [0.15, 0.2) is 0 Å². The van der Waals surface area contributed by atoms with E-state index in [2.05, 4.69) is 25.8 Å². The molecule has 1 N–H and O–H groups in total. The molecule has 1 aliphatic rings. The maximum Gasteiger partial charge on any atom is 0.305 e. The number of carboxylic acid groups (broad SMARTS) is 1. The quantitative estimate of drug-likeness (QED) is 0.700. The fourth-order valence-electron chi connectivity index (χ4n) is 2.23. The van der Waals surface area contributed by atoms with Crippen LogP contribution in [0.25, 0.3) is 0 Å². The molecule has 1 fully saturated rings. The molecule has 0 aliphatic carbocycles. The summed E-state index contributed by atoms with van der Waals surface area (Å²) in [4.78, 5) is 12.6. The van der Waals surface area contributed by atoms with Gasteiger partial charge in [0, 0.05) is 12.6 Å². The van der Waals surface area contributed by atoms with Crippen LogP contribution in [0.5, 0.6) is 0 Å². The number of hydrogen-bond acceptors (Lipinski definition) is 3. The Morgan fingerprint density at radius 1 is 1.60 bits per heavy atom. The summed E-state index contributed by atoms with van der Waals surface area (Å²) in [6, 6.07) is 0.439. The minimum atomic E-state index is -0.796. The molecule has 4 nitrogen and oxygen atoms in total. The van der Waals surface area contributed by atoms with Crippen LogP contribution < -0.4 is 0 Å². The first kappa shape index (κ1) is 12.5. The number of rotatable bonds is 5. The largest absolute Gasteiger partial charge is 0.481 e. The second-order valence-corrected chi connectivity index (χ2v) is 5.16. The fraction of sp³-hybridized carbons (Fsp3) is 0.909. The van der Waals surface area contributed by atoms with Crippen LogP contribution in [0.4, 0.5) is 0 Å². The highest BCUT2D eigenvalue weighted by Crippen LogP contribution is 2.32. The Morgan fingerprint density at radius 2 is 2.27 bits per heavy atom. The monoisotopic (exact) mass is 215 g/mol. The van der Waals surface area contributed by atoms with Gasteiger partial charge >= 0.3 is 5.97 Å². The zero-order valence-electron chi connectivity index (χ0n) is 9.82. The van der Waals surface area contributed by atoms with Gasteiger partial charge in [0.05, 0.1) is 19.6 Å². The van der Waals surface area contributed by atoms with Gasteiger partial charge in [-0.25, -0.2) is 0 Å². The predicted molar refractivity (Wildman–Crippen MR) is 57.9 cm³/mol. The topological polar surface area (TPSA) is 49.8 Å². The van der Waals surface area contributed by atoms with Crippen LogP contribution in [0.3, 0.4) is 0 Å². The molecule has 0 aromatic carbocycles. The van der Waals surface area contributed by atoms with E-state index in [-0.39, 0.29) is 6.42 Å². The summed E-state index contributed by atoms with van der Waals surface area (Å²) in [6.07, 6.45) is 1.22. The molecule has 0 radical (unpaired) electrons. The number of likely N-dealkylation sites (N-methyl/N-ethyl adjacent to an activating group) is 1. The number of likely N-dealkylation sites (tertiary alicyclic amines) is 1. The minimum absolute atomic E-state index is 0.0971. The lowest BCUT2D eigenvalue weighted by Crippen LogP contribution is -2.29. The minimum Gasteiger partial charge on any atom is -0.481 e. The van der Waals surface area contributed by atoms with E-state index in [1.807, 2.05) is 0 Å². The molecule has 0 unspecified atom stereocenters. The van der Waals surface area contributed by atoms with Crippen molar-refractivity contribution in [2.45, 2.75) is 32.7 Å². The lowest BCUT2D eigenvalue weighted by atomic mass is 9.91. The van der Waals surface area contributed by atoms with E-state index in [0.717, 1.165) is 13.0 Å². The molecule has 4 heteroatoms. The summed E-state index contributed by atoms with van der Waals surface area (Å²) < 4.78 is 5.37. The van der Waals surface area contributed by atoms with Crippen molar-refractivity contribution in [2.75, 3.05) is 26.8 Å².